The fraction of sp³-hybridized carbons (Fsp3) is 0.179. The number of pyridine rings is 2. The van der Waals surface area contributed by atoms with Crippen LogP contribution in [0.25, 0.3) is 33.8 Å². The summed E-state index contributed by atoms with van der Waals surface area (Å²) >= 11 is 0. The number of fused-ring (bicyclic) bond motifs is 1. The summed E-state index contributed by atoms with van der Waals surface area (Å²) in [4.78, 5) is 13.4. The van der Waals surface area contributed by atoms with Gasteiger partial charge in [0.1, 0.15) is 5.69 Å². The summed E-state index contributed by atoms with van der Waals surface area (Å²) in [6, 6.07) is 31.0. The van der Waals surface area contributed by atoms with Gasteiger partial charge in [0.25, 0.3) is 0 Å². The smallest absolute Gasteiger partial charge is 0.159 e. The van der Waals surface area contributed by atoms with Gasteiger partial charge in [-0.15, -0.1) is 35.9 Å². The molecule has 3 heterocycles. The average Bonchev–Trinajstić information content (AvgIpc) is 3.18. The van der Waals surface area contributed by atoms with Gasteiger partial charge in [0.2, 0.25) is 0 Å². The van der Waals surface area contributed by atoms with Crippen molar-refractivity contribution in [2.24, 2.45) is 5.41 Å². The van der Waals surface area contributed by atoms with Crippen LogP contribution in [0.5, 0.6) is 0 Å². The molecule has 0 amide bonds. The quantitative estimate of drug-likeness (QED) is 0.214. The van der Waals surface area contributed by atoms with Crippen molar-refractivity contribution in [2.75, 3.05) is 0 Å². The zero-order valence-corrected chi connectivity index (χ0v) is 21.5. The van der Waals surface area contributed by atoms with E-state index in [4.69, 9.17) is 4.98 Å². The Morgan fingerprint density at radius 1 is 0.758 bits per heavy atom. The maximum absolute atomic E-state index is 4.77. The molecule has 0 aliphatic heterocycles. The van der Waals surface area contributed by atoms with E-state index in [2.05, 4.69) is 59.6 Å². The summed E-state index contributed by atoms with van der Waals surface area (Å²) in [6.07, 6.45) is 3.60. The number of hydrogen-bond donors (Lipinski definition) is 0. The Morgan fingerprint density at radius 2 is 1.39 bits per heavy atom. The van der Waals surface area contributed by atoms with Crippen molar-refractivity contribution >= 4 is 11.0 Å². The molecular formula is C28H27IrN4-. The molecule has 2 aromatic carbocycles. The fourth-order valence-corrected chi connectivity index (χ4v) is 3.48. The second-order valence-corrected chi connectivity index (χ2v) is 8.78. The minimum absolute atomic E-state index is 0. The van der Waals surface area contributed by atoms with Crippen LogP contribution in [0.4, 0.5) is 0 Å². The molecule has 0 atom stereocenters. The number of hydrogen-bond acceptors (Lipinski definition) is 3. The summed E-state index contributed by atoms with van der Waals surface area (Å²) in [5.41, 5.74) is 5.32. The van der Waals surface area contributed by atoms with E-state index in [9.17, 15) is 0 Å². The van der Waals surface area contributed by atoms with E-state index in [1.54, 1.807) is 6.20 Å². The van der Waals surface area contributed by atoms with Crippen LogP contribution in [0.15, 0.2) is 97.3 Å². The average molecular weight is 612 g/mol. The third-order valence-corrected chi connectivity index (χ3v) is 4.83. The van der Waals surface area contributed by atoms with E-state index in [0.717, 1.165) is 34.8 Å². The molecule has 0 saturated carbocycles. The number of aromatic nitrogens is 4. The fourth-order valence-electron chi connectivity index (χ4n) is 3.48. The SMILES string of the molecule is CC(C)(C)Cn1c(-c2ccccn2)nc2ccccc21.[Ir].[c-]1ccccc1-c1ccccn1. The molecule has 5 aromatic rings. The molecule has 5 rings (SSSR count). The van der Waals surface area contributed by atoms with Crippen molar-refractivity contribution in [1.82, 2.24) is 19.5 Å². The van der Waals surface area contributed by atoms with Gasteiger partial charge < -0.3 is 9.55 Å². The molecule has 0 fully saturated rings. The molecule has 0 spiro atoms. The normalized spacial score (nSPS) is 10.8. The Bertz CT molecular complexity index is 1220. The van der Waals surface area contributed by atoms with E-state index < -0.39 is 0 Å². The summed E-state index contributed by atoms with van der Waals surface area (Å²) < 4.78 is 2.28. The molecule has 3 aromatic heterocycles. The number of imidazole rings is 1. The third-order valence-electron chi connectivity index (χ3n) is 4.83. The topological polar surface area (TPSA) is 43.6 Å². The van der Waals surface area contributed by atoms with E-state index >= 15 is 0 Å². The predicted octanol–water partition coefficient (Wildman–Crippen LogP) is 6.69. The Morgan fingerprint density at radius 3 is 2.00 bits per heavy atom. The molecule has 0 bridgehead atoms. The van der Waals surface area contributed by atoms with Crippen molar-refractivity contribution in [3.63, 3.8) is 0 Å². The van der Waals surface area contributed by atoms with E-state index in [1.807, 2.05) is 72.9 Å². The van der Waals surface area contributed by atoms with Gasteiger partial charge in [0.05, 0.1) is 11.0 Å². The summed E-state index contributed by atoms with van der Waals surface area (Å²) in [5, 5.41) is 0. The van der Waals surface area contributed by atoms with Crippen LogP contribution >= 0.6 is 0 Å². The first-order chi connectivity index (χ1) is 15.5. The van der Waals surface area contributed by atoms with Gasteiger partial charge >= 0.3 is 0 Å². The second-order valence-electron chi connectivity index (χ2n) is 8.78. The molecule has 0 aliphatic carbocycles. The molecule has 4 nitrogen and oxygen atoms in total. The van der Waals surface area contributed by atoms with Crippen molar-refractivity contribution in [1.29, 1.82) is 0 Å². The number of rotatable bonds is 3. The third kappa shape index (κ3) is 6.44. The van der Waals surface area contributed by atoms with E-state index in [0.29, 0.717) is 0 Å². The second kappa shape index (κ2) is 11.1. The molecule has 0 unspecified atom stereocenters. The van der Waals surface area contributed by atoms with Crippen molar-refractivity contribution < 1.29 is 20.1 Å². The summed E-state index contributed by atoms with van der Waals surface area (Å²) in [6.45, 7) is 7.64. The number of nitrogens with zero attached hydrogens (tertiary/aromatic N) is 4. The molecule has 5 heteroatoms. The molecule has 1 radical (unpaired) electrons. The van der Waals surface area contributed by atoms with E-state index in [-0.39, 0.29) is 25.5 Å². The van der Waals surface area contributed by atoms with Crippen LogP contribution in [0, 0.1) is 11.5 Å². The molecule has 0 saturated heterocycles. The molecular weight excluding hydrogens is 585 g/mol. The van der Waals surface area contributed by atoms with Crippen molar-refractivity contribution in [2.45, 2.75) is 27.3 Å². The monoisotopic (exact) mass is 612 g/mol. The molecule has 0 N–H and O–H groups in total. The van der Waals surface area contributed by atoms with Crippen LogP contribution in [0.3, 0.4) is 0 Å². The van der Waals surface area contributed by atoms with Crippen LogP contribution < -0.4 is 0 Å². The number of benzene rings is 2. The first-order valence-electron chi connectivity index (χ1n) is 10.8. The Hall–Kier alpha value is -3.14. The first-order valence-corrected chi connectivity index (χ1v) is 10.8. The van der Waals surface area contributed by atoms with Gasteiger partial charge in [-0.2, -0.15) is 0 Å². The molecule has 33 heavy (non-hydrogen) atoms. The predicted molar refractivity (Wildman–Crippen MR) is 131 cm³/mol. The van der Waals surface area contributed by atoms with Gasteiger partial charge in [-0.3, -0.25) is 4.98 Å². The molecule has 169 valence electrons. The van der Waals surface area contributed by atoms with Crippen molar-refractivity contribution in [3.8, 4) is 22.8 Å². The summed E-state index contributed by atoms with van der Waals surface area (Å²) in [5.74, 6) is 0.946. The maximum Gasteiger partial charge on any atom is 0.159 e. The van der Waals surface area contributed by atoms with Gasteiger partial charge in [0.15, 0.2) is 5.82 Å². The van der Waals surface area contributed by atoms with Crippen LogP contribution in [0.2, 0.25) is 0 Å². The Balaban J connectivity index is 0.000000202. The van der Waals surface area contributed by atoms with Gasteiger partial charge in [-0.05, 0) is 41.4 Å². The summed E-state index contributed by atoms with van der Waals surface area (Å²) in [7, 11) is 0. The largest absolute Gasteiger partial charge is 0.322 e. The van der Waals surface area contributed by atoms with Gasteiger partial charge in [-0.25, -0.2) is 4.98 Å². The number of para-hydroxylation sites is 2. The zero-order valence-electron chi connectivity index (χ0n) is 19.1. The first kappa shape index (κ1) is 24.5. The van der Waals surface area contributed by atoms with Gasteiger partial charge in [0, 0.05) is 39.0 Å². The van der Waals surface area contributed by atoms with Crippen LogP contribution in [0.1, 0.15) is 20.8 Å². The minimum atomic E-state index is 0. The van der Waals surface area contributed by atoms with Crippen molar-refractivity contribution in [3.05, 3.63) is 103 Å². The minimum Gasteiger partial charge on any atom is -0.322 e. The molecule has 0 aliphatic rings. The van der Waals surface area contributed by atoms with Gasteiger partial charge in [-0.1, -0.05) is 51.1 Å². The van der Waals surface area contributed by atoms with Crippen LogP contribution in [-0.2, 0) is 26.7 Å². The zero-order chi connectivity index (χ0) is 22.4. The Kier molecular flexibility index (Phi) is 8.26. The Labute approximate surface area is 209 Å². The maximum atomic E-state index is 4.77. The van der Waals surface area contributed by atoms with E-state index in [1.165, 1.54) is 5.52 Å². The van der Waals surface area contributed by atoms with Crippen LogP contribution in [-0.4, -0.2) is 19.5 Å². The standard InChI is InChI=1S/C17H19N3.C11H8N.Ir/c1-17(2,3)12-20-15-10-5-4-8-13(15)19-16(20)14-9-6-7-11-18-14;1-2-6-10(7-3-1)11-8-4-5-9-12-11;/h4-11H,12H2,1-3H3;1-6,8-9H;/q;-1;.